The van der Waals surface area contributed by atoms with E-state index in [0.29, 0.717) is 5.56 Å². The average Bonchev–Trinajstić information content (AvgIpc) is 2.23. The van der Waals surface area contributed by atoms with Crippen molar-refractivity contribution in [3.05, 3.63) is 60.5 Å². The van der Waals surface area contributed by atoms with Gasteiger partial charge in [-0.15, -0.1) is 5.57 Å². The molecule has 0 unspecified atom stereocenters. The van der Waals surface area contributed by atoms with Crippen LogP contribution < -0.4 is 0 Å². The molecule has 17 heavy (non-hydrogen) atoms. The summed E-state index contributed by atoms with van der Waals surface area (Å²) in [5.74, 6) is -1.92. The van der Waals surface area contributed by atoms with Crippen molar-refractivity contribution in [3.63, 3.8) is 0 Å². The van der Waals surface area contributed by atoms with Gasteiger partial charge in [-0.1, -0.05) is 49.2 Å². The Morgan fingerprint density at radius 3 is 1.82 bits per heavy atom. The normalized spacial score (nSPS) is 10.4. The second kappa shape index (κ2) is 9.12. The molecule has 0 saturated heterocycles. The molecular weight excluding hydrogens is 272 g/mol. The Balaban J connectivity index is 0. The van der Waals surface area contributed by atoms with Gasteiger partial charge >= 0.3 is 19.5 Å². The molecule has 0 saturated carbocycles. The largest absolute Gasteiger partial charge is 2.00 e. The first kappa shape index (κ1) is 18.4. The van der Waals surface area contributed by atoms with Crippen molar-refractivity contribution in [2.75, 3.05) is 0 Å². The number of allylic oxidation sites excluding steroid dienone is 3. The quantitative estimate of drug-likeness (QED) is 0.415. The van der Waals surface area contributed by atoms with Gasteiger partial charge in [-0.3, -0.25) is 6.58 Å². The van der Waals surface area contributed by atoms with Crippen LogP contribution >= 0.6 is 0 Å². The van der Waals surface area contributed by atoms with Crippen LogP contribution in [0.4, 0.5) is 8.78 Å². The van der Waals surface area contributed by atoms with Gasteiger partial charge in [0, 0.05) is 0 Å². The van der Waals surface area contributed by atoms with Gasteiger partial charge < -0.3 is 0 Å². The predicted molar refractivity (Wildman–Crippen MR) is 64.8 cm³/mol. The SMILES string of the molecule is CC.[CH-]=C(F)/C(=C(\[CH2-])F)c1ccc(C)cc1.[Zn+2]. The fourth-order valence-electron chi connectivity index (χ4n) is 1.14. The molecule has 0 nitrogen and oxygen atoms in total. The summed E-state index contributed by atoms with van der Waals surface area (Å²) in [4.78, 5) is 0. The van der Waals surface area contributed by atoms with Crippen molar-refractivity contribution < 1.29 is 28.3 Å². The van der Waals surface area contributed by atoms with Crippen molar-refractivity contribution in [3.8, 4) is 0 Å². The Morgan fingerprint density at radius 1 is 1.12 bits per heavy atom. The number of aryl methyl sites for hydroxylation is 1. The zero-order valence-electron chi connectivity index (χ0n) is 10.6. The summed E-state index contributed by atoms with van der Waals surface area (Å²) >= 11 is 0. The number of hydrogen-bond donors (Lipinski definition) is 0. The molecule has 0 aliphatic rings. The molecule has 0 spiro atoms. The van der Waals surface area contributed by atoms with Gasteiger partial charge in [-0.05, 0) is 18.6 Å². The molecule has 0 radical (unpaired) electrons. The number of benzene rings is 1. The third kappa shape index (κ3) is 5.79. The van der Waals surface area contributed by atoms with Crippen LogP contribution in [-0.4, -0.2) is 0 Å². The van der Waals surface area contributed by atoms with Crippen molar-refractivity contribution in [2.24, 2.45) is 0 Å². The van der Waals surface area contributed by atoms with Crippen LogP contribution in [0.2, 0.25) is 0 Å². The maximum atomic E-state index is 12.8. The van der Waals surface area contributed by atoms with Crippen LogP contribution in [0.15, 0.2) is 35.9 Å². The predicted octanol–water partition coefficient (Wildman–Crippen LogP) is 4.82. The molecular formula is C14H16F2Zn. The standard InChI is InChI=1S/C12H10F2.C2H6.Zn/c1-8-4-6-11(7-5-8)12(9(2)13)10(3)14;1-2;/h2,4-7H,3H2,1H3;1-2H3;/q-2;;+2/b12-10-;;. The molecule has 0 fully saturated rings. The summed E-state index contributed by atoms with van der Waals surface area (Å²) in [6, 6.07) is 6.70. The molecule has 0 aliphatic heterocycles. The molecule has 0 N–H and O–H groups in total. The topological polar surface area (TPSA) is 0 Å². The first-order valence-corrected chi connectivity index (χ1v) is 5.09. The number of rotatable bonds is 2. The van der Waals surface area contributed by atoms with Crippen molar-refractivity contribution in [1.29, 1.82) is 0 Å². The van der Waals surface area contributed by atoms with Crippen LogP contribution in [0.3, 0.4) is 0 Å². The molecule has 0 atom stereocenters. The van der Waals surface area contributed by atoms with Crippen molar-refractivity contribution in [1.82, 2.24) is 0 Å². The van der Waals surface area contributed by atoms with Crippen LogP contribution in [0, 0.1) is 20.4 Å². The molecule has 88 valence electrons. The summed E-state index contributed by atoms with van der Waals surface area (Å²) < 4.78 is 25.6. The maximum Gasteiger partial charge on any atom is 2.00 e. The first-order chi connectivity index (χ1) is 7.52. The Kier molecular flexibility index (Phi) is 9.88. The minimum atomic E-state index is -1.05. The molecule has 1 rings (SSSR count). The zero-order valence-corrected chi connectivity index (χ0v) is 13.5. The summed E-state index contributed by atoms with van der Waals surface area (Å²) in [6.45, 7) is 13.8. The maximum absolute atomic E-state index is 12.8. The van der Waals surface area contributed by atoms with Crippen LogP contribution in [0.25, 0.3) is 5.57 Å². The fourth-order valence-corrected chi connectivity index (χ4v) is 1.14. The number of halogens is 2. The second-order valence-electron chi connectivity index (χ2n) is 2.99. The van der Waals surface area contributed by atoms with Crippen molar-refractivity contribution >= 4 is 5.57 Å². The molecule has 0 amide bonds. The van der Waals surface area contributed by atoms with E-state index in [9.17, 15) is 8.78 Å². The Hall–Kier alpha value is -0.947. The number of hydrogen-bond acceptors (Lipinski definition) is 0. The summed E-state index contributed by atoms with van der Waals surface area (Å²) in [7, 11) is 0. The Morgan fingerprint density at radius 2 is 1.53 bits per heavy atom. The molecule has 0 heterocycles. The van der Waals surface area contributed by atoms with Gasteiger partial charge in [-0.2, -0.15) is 0 Å². The summed E-state index contributed by atoms with van der Waals surface area (Å²) in [5, 5.41) is 0. The molecule has 0 aromatic heterocycles. The fraction of sp³-hybridized carbons (Fsp3) is 0.214. The zero-order chi connectivity index (χ0) is 12.7. The van der Waals surface area contributed by atoms with Gasteiger partial charge in [0.05, 0.1) is 0 Å². The molecule has 0 aliphatic carbocycles. The molecule has 1 aromatic carbocycles. The molecule has 3 heteroatoms. The first-order valence-electron chi connectivity index (χ1n) is 5.09. The van der Waals surface area contributed by atoms with E-state index in [-0.39, 0.29) is 25.1 Å². The molecule has 1 aromatic rings. The summed E-state index contributed by atoms with van der Waals surface area (Å²) in [5.41, 5.74) is 1.13. The van der Waals surface area contributed by atoms with E-state index in [2.05, 4.69) is 6.92 Å². The van der Waals surface area contributed by atoms with E-state index in [1.165, 1.54) is 0 Å². The van der Waals surface area contributed by atoms with Crippen molar-refractivity contribution in [2.45, 2.75) is 20.8 Å². The van der Waals surface area contributed by atoms with Gasteiger partial charge in [0.2, 0.25) is 0 Å². The van der Waals surface area contributed by atoms with Gasteiger partial charge in [0.25, 0.3) is 0 Å². The third-order valence-electron chi connectivity index (χ3n) is 1.85. The monoisotopic (exact) mass is 286 g/mol. The molecule has 0 bridgehead atoms. The third-order valence-corrected chi connectivity index (χ3v) is 1.85. The van der Waals surface area contributed by atoms with Gasteiger partial charge in [-0.25, -0.2) is 15.7 Å². The van der Waals surface area contributed by atoms with Crippen LogP contribution in [0.1, 0.15) is 25.0 Å². The van der Waals surface area contributed by atoms with Gasteiger partial charge in [0.1, 0.15) is 0 Å². The van der Waals surface area contributed by atoms with Crippen LogP contribution in [0.5, 0.6) is 0 Å². The van der Waals surface area contributed by atoms with Gasteiger partial charge in [0.15, 0.2) is 0 Å². The van der Waals surface area contributed by atoms with E-state index in [1.54, 1.807) is 24.3 Å². The Bertz CT molecular complexity index is 374. The van der Waals surface area contributed by atoms with E-state index < -0.39 is 11.7 Å². The smallest absolute Gasteiger partial charge is 0.255 e. The minimum absolute atomic E-state index is 0. The van der Waals surface area contributed by atoms with E-state index in [4.69, 9.17) is 6.58 Å². The van der Waals surface area contributed by atoms with E-state index in [1.807, 2.05) is 20.8 Å². The van der Waals surface area contributed by atoms with Crippen LogP contribution in [-0.2, 0) is 19.5 Å². The minimum Gasteiger partial charge on any atom is -0.255 e. The van der Waals surface area contributed by atoms with E-state index in [0.717, 1.165) is 5.56 Å². The Labute approximate surface area is 115 Å². The second-order valence-corrected chi connectivity index (χ2v) is 2.99. The summed E-state index contributed by atoms with van der Waals surface area (Å²) in [6.07, 6.45) is 0. The average molecular weight is 288 g/mol. The van der Waals surface area contributed by atoms with E-state index >= 15 is 0 Å².